The van der Waals surface area contributed by atoms with E-state index in [0.29, 0.717) is 29.4 Å². The molecule has 0 unspecified atom stereocenters. The largest absolute Gasteiger partial charge is 0.492 e. The summed E-state index contributed by atoms with van der Waals surface area (Å²) in [6, 6.07) is 29.7. The molecule has 0 spiro atoms. The van der Waals surface area contributed by atoms with Crippen molar-refractivity contribution in [3.63, 3.8) is 0 Å². The van der Waals surface area contributed by atoms with Crippen LogP contribution in [0.3, 0.4) is 0 Å². The summed E-state index contributed by atoms with van der Waals surface area (Å²) in [6.45, 7) is 2.62. The number of carbonyl (C=O) groups excluding carboxylic acids is 1. The van der Waals surface area contributed by atoms with Crippen molar-refractivity contribution in [1.82, 2.24) is 5.32 Å². The molecule has 1 amide bonds. The molecule has 0 heterocycles. The van der Waals surface area contributed by atoms with Gasteiger partial charge in [-0.2, -0.15) is 0 Å². The fraction of sp³-hybridized carbons (Fsp3) is 0.138. The van der Waals surface area contributed by atoms with Gasteiger partial charge in [-0.1, -0.05) is 66.2 Å². The highest BCUT2D eigenvalue weighted by Crippen LogP contribution is 2.31. The zero-order valence-corrected chi connectivity index (χ0v) is 21.9. The lowest BCUT2D eigenvalue weighted by Crippen LogP contribution is -2.31. The molecule has 190 valence electrons. The molecule has 0 bridgehead atoms. The first-order valence-electron chi connectivity index (χ1n) is 11.7. The molecule has 0 radical (unpaired) electrons. The average molecular weight is 535 g/mol. The van der Waals surface area contributed by atoms with Crippen LogP contribution in [0.5, 0.6) is 5.75 Å². The van der Waals surface area contributed by atoms with E-state index in [1.807, 2.05) is 37.3 Å². The Morgan fingerprint density at radius 3 is 2.22 bits per heavy atom. The minimum absolute atomic E-state index is 0.0746. The van der Waals surface area contributed by atoms with Crippen molar-refractivity contribution >= 4 is 33.2 Å². The molecule has 0 aromatic heterocycles. The number of hydrogen-bond donors (Lipinski definition) is 1. The molecule has 6 nitrogen and oxygen atoms in total. The van der Waals surface area contributed by atoms with Gasteiger partial charge in [0.2, 0.25) is 0 Å². The summed E-state index contributed by atoms with van der Waals surface area (Å²) in [7, 11) is -3.87. The van der Waals surface area contributed by atoms with E-state index in [9.17, 15) is 13.2 Å². The van der Waals surface area contributed by atoms with Gasteiger partial charge in [-0.3, -0.25) is 9.10 Å². The Morgan fingerprint density at radius 1 is 0.892 bits per heavy atom. The van der Waals surface area contributed by atoms with Crippen molar-refractivity contribution in [2.45, 2.75) is 18.4 Å². The first-order valence-corrected chi connectivity index (χ1v) is 13.6. The molecule has 1 N–H and O–H groups in total. The lowest BCUT2D eigenvalue weighted by molar-refractivity contribution is 0.0947. The summed E-state index contributed by atoms with van der Waals surface area (Å²) in [5.74, 6) is 0.508. The lowest BCUT2D eigenvalue weighted by atomic mass is 10.1. The maximum atomic E-state index is 13.6. The smallest absolute Gasteiger partial charge is 0.264 e. The summed E-state index contributed by atoms with van der Waals surface area (Å²) in [6.07, 6.45) is 0. The second-order valence-electron chi connectivity index (χ2n) is 8.37. The van der Waals surface area contributed by atoms with E-state index in [2.05, 4.69) is 5.32 Å². The van der Waals surface area contributed by atoms with Crippen LogP contribution in [-0.2, 0) is 16.6 Å². The quantitative estimate of drug-likeness (QED) is 0.259. The first-order chi connectivity index (χ1) is 17.8. The Labute approximate surface area is 222 Å². The van der Waals surface area contributed by atoms with Crippen molar-refractivity contribution in [2.75, 3.05) is 17.5 Å². The van der Waals surface area contributed by atoms with Gasteiger partial charge in [0.15, 0.2) is 0 Å². The third kappa shape index (κ3) is 6.70. The number of nitrogens with zero attached hydrogens (tertiary/aromatic N) is 1. The van der Waals surface area contributed by atoms with Crippen LogP contribution in [0.25, 0.3) is 0 Å². The number of aryl methyl sites for hydroxylation is 1. The van der Waals surface area contributed by atoms with Crippen molar-refractivity contribution < 1.29 is 17.9 Å². The first kappa shape index (κ1) is 26.3. The fourth-order valence-corrected chi connectivity index (χ4v) is 5.45. The van der Waals surface area contributed by atoms with Crippen molar-refractivity contribution in [1.29, 1.82) is 0 Å². The van der Waals surface area contributed by atoms with Crippen LogP contribution < -0.4 is 14.4 Å². The zero-order valence-electron chi connectivity index (χ0n) is 20.3. The standard InChI is InChI=1S/C29H27ClN2O4S/c1-22-12-17-25(30)20-28(22)32(37(34,35)27-10-6-3-7-11-27)21-23-13-15-24(16-14-23)29(33)31-18-19-36-26-8-4-2-5-9-26/h2-17,20H,18-19,21H2,1H3,(H,31,33). The Morgan fingerprint density at radius 2 is 1.54 bits per heavy atom. The SMILES string of the molecule is Cc1ccc(Cl)cc1N(Cc1ccc(C(=O)NCCOc2ccccc2)cc1)S(=O)(=O)c1ccccc1. The number of carbonyl (C=O) groups is 1. The summed E-state index contributed by atoms with van der Waals surface area (Å²) >= 11 is 6.23. The molecule has 0 aliphatic carbocycles. The lowest BCUT2D eigenvalue weighted by Gasteiger charge is -2.26. The van der Waals surface area contributed by atoms with Crippen LogP contribution in [0.15, 0.2) is 108 Å². The summed E-state index contributed by atoms with van der Waals surface area (Å²) in [5, 5.41) is 3.27. The summed E-state index contributed by atoms with van der Waals surface area (Å²) < 4.78 is 34.2. The van der Waals surface area contributed by atoms with E-state index in [4.69, 9.17) is 16.3 Å². The number of halogens is 1. The number of para-hydroxylation sites is 1. The van der Waals surface area contributed by atoms with E-state index in [0.717, 1.165) is 16.9 Å². The highest BCUT2D eigenvalue weighted by molar-refractivity contribution is 7.92. The van der Waals surface area contributed by atoms with Crippen molar-refractivity contribution in [3.05, 3.63) is 125 Å². The predicted octanol–water partition coefficient (Wildman–Crippen LogP) is 5.85. The van der Waals surface area contributed by atoms with Crippen molar-refractivity contribution in [2.24, 2.45) is 0 Å². The van der Waals surface area contributed by atoms with Gasteiger partial charge in [-0.15, -0.1) is 0 Å². The average Bonchev–Trinajstić information content (AvgIpc) is 2.92. The van der Waals surface area contributed by atoms with Gasteiger partial charge in [-0.25, -0.2) is 8.42 Å². The van der Waals surface area contributed by atoms with Crippen LogP contribution in [-0.4, -0.2) is 27.5 Å². The second kappa shape index (κ2) is 12.0. The predicted molar refractivity (Wildman–Crippen MR) is 147 cm³/mol. The number of ether oxygens (including phenoxy) is 1. The molecule has 0 aliphatic heterocycles. The van der Waals surface area contributed by atoms with Gasteiger partial charge >= 0.3 is 0 Å². The zero-order chi connectivity index (χ0) is 26.3. The molecule has 4 aromatic carbocycles. The fourth-order valence-electron chi connectivity index (χ4n) is 3.75. The Bertz CT molecular complexity index is 1440. The van der Waals surface area contributed by atoms with Crippen LogP contribution >= 0.6 is 11.6 Å². The van der Waals surface area contributed by atoms with Gasteiger partial charge in [0.1, 0.15) is 12.4 Å². The van der Waals surface area contributed by atoms with Crippen LogP contribution in [0, 0.1) is 6.92 Å². The minimum atomic E-state index is -3.87. The number of rotatable bonds is 10. The summed E-state index contributed by atoms with van der Waals surface area (Å²) in [5.41, 5.74) is 2.47. The monoisotopic (exact) mass is 534 g/mol. The van der Waals surface area contributed by atoms with Crippen LogP contribution in [0.1, 0.15) is 21.5 Å². The van der Waals surface area contributed by atoms with E-state index in [-0.39, 0.29) is 17.3 Å². The molecule has 4 aromatic rings. The number of benzene rings is 4. The topological polar surface area (TPSA) is 75.7 Å². The van der Waals surface area contributed by atoms with Gasteiger partial charge in [0, 0.05) is 10.6 Å². The second-order valence-corrected chi connectivity index (χ2v) is 10.7. The number of sulfonamides is 1. The molecule has 0 fully saturated rings. The van der Waals surface area contributed by atoms with Gasteiger partial charge in [0.25, 0.3) is 15.9 Å². The van der Waals surface area contributed by atoms with Crippen LogP contribution in [0.4, 0.5) is 5.69 Å². The maximum absolute atomic E-state index is 13.6. The maximum Gasteiger partial charge on any atom is 0.264 e. The van der Waals surface area contributed by atoms with Gasteiger partial charge in [0.05, 0.1) is 23.7 Å². The number of anilines is 1. The molecular formula is C29H27ClN2O4S. The van der Waals surface area contributed by atoms with Gasteiger partial charge < -0.3 is 10.1 Å². The Hall–Kier alpha value is -3.81. The van der Waals surface area contributed by atoms with Gasteiger partial charge in [-0.05, 0) is 66.6 Å². The Balaban J connectivity index is 1.48. The third-order valence-electron chi connectivity index (χ3n) is 5.71. The molecule has 0 saturated heterocycles. The normalized spacial score (nSPS) is 11.1. The molecule has 0 atom stereocenters. The molecule has 8 heteroatoms. The molecule has 4 rings (SSSR count). The Kier molecular flexibility index (Phi) is 8.48. The molecule has 0 aliphatic rings. The van der Waals surface area contributed by atoms with E-state index in [1.165, 1.54) is 4.31 Å². The highest BCUT2D eigenvalue weighted by atomic mass is 35.5. The summed E-state index contributed by atoms with van der Waals surface area (Å²) in [4.78, 5) is 12.7. The van der Waals surface area contributed by atoms with Crippen LogP contribution in [0.2, 0.25) is 5.02 Å². The van der Waals surface area contributed by atoms with E-state index < -0.39 is 10.0 Å². The van der Waals surface area contributed by atoms with E-state index >= 15 is 0 Å². The third-order valence-corrected chi connectivity index (χ3v) is 7.72. The molecule has 0 saturated carbocycles. The number of nitrogens with one attached hydrogen (secondary N) is 1. The molecular weight excluding hydrogens is 508 g/mol. The van der Waals surface area contributed by atoms with E-state index in [1.54, 1.807) is 72.8 Å². The number of amides is 1. The molecule has 37 heavy (non-hydrogen) atoms. The number of hydrogen-bond acceptors (Lipinski definition) is 4. The van der Waals surface area contributed by atoms with Crippen molar-refractivity contribution in [3.8, 4) is 5.75 Å². The minimum Gasteiger partial charge on any atom is -0.492 e. The highest BCUT2D eigenvalue weighted by Gasteiger charge is 2.26.